The molecule has 0 aromatic heterocycles. The van der Waals surface area contributed by atoms with Gasteiger partial charge < -0.3 is 9.47 Å². The van der Waals surface area contributed by atoms with Gasteiger partial charge in [0.05, 0.1) is 17.2 Å². The molecule has 1 heterocycles. The lowest BCUT2D eigenvalue weighted by Gasteiger charge is -2.14. The van der Waals surface area contributed by atoms with E-state index in [1.807, 2.05) is 73.7 Å². The molecular weight excluding hydrogens is 553 g/mol. The van der Waals surface area contributed by atoms with Crippen molar-refractivity contribution in [1.29, 1.82) is 0 Å². The topological polar surface area (TPSA) is 38.8 Å². The van der Waals surface area contributed by atoms with Gasteiger partial charge >= 0.3 is 0 Å². The summed E-state index contributed by atoms with van der Waals surface area (Å²) in [5.74, 6) is 1.19. The zero-order valence-electron chi connectivity index (χ0n) is 17.3. The van der Waals surface area contributed by atoms with E-state index in [-0.39, 0.29) is 5.91 Å². The fourth-order valence-electron chi connectivity index (χ4n) is 3.16. The predicted molar refractivity (Wildman–Crippen MR) is 143 cm³/mol. The van der Waals surface area contributed by atoms with E-state index in [0.717, 1.165) is 16.8 Å². The van der Waals surface area contributed by atoms with Crippen LogP contribution in [0.1, 0.15) is 18.1 Å². The Morgan fingerprint density at radius 1 is 1.00 bits per heavy atom. The normalized spacial score (nSPS) is 14.8. The van der Waals surface area contributed by atoms with Gasteiger partial charge in [-0.25, -0.2) is 0 Å². The number of hydrogen-bond donors (Lipinski definition) is 0. The summed E-state index contributed by atoms with van der Waals surface area (Å²) < 4.78 is 13.5. The molecule has 1 fully saturated rings. The number of thioether (sulfide) groups is 1. The van der Waals surface area contributed by atoms with Crippen LogP contribution in [0, 0.1) is 3.57 Å². The first-order valence-corrected chi connectivity index (χ1v) is 12.3. The van der Waals surface area contributed by atoms with Crippen molar-refractivity contribution in [2.45, 2.75) is 13.5 Å². The lowest BCUT2D eigenvalue weighted by molar-refractivity contribution is -0.113. The minimum absolute atomic E-state index is 0.122. The van der Waals surface area contributed by atoms with Crippen LogP contribution in [0.5, 0.6) is 11.5 Å². The second-order valence-corrected chi connectivity index (χ2v) is 9.83. The van der Waals surface area contributed by atoms with Crippen molar-refractivity contribution in [2.75, 3.05) is 11.5 Å². The summed E-state index contributed by atoms with van der Waals surface area (Å²) in [5.41, 5.74) is 2.71. The summed E-state index contributed by atoms with van der Waals surface area (Å²) in [4.78, 5) is 15.1. The molecule has 3 aromatic rings. The number of carbonyl (C=O) groups is 1. The van der Waals surface area contributed by atoms with Gasteiger partial charge in [0, 0.05) is 3.57 Å². The average molecular weight is 573 g/mol. The van der Waals surface area contributed by atoms with E-state index in [1.165, 1.54) is 15.3 Å². The third kappa shape index (κ3) is 5.33. The van der Waals surface area contributed by atoms with Crippen molar-refractivity contribution >= 4 is 68.6 Å². The Kier molecular flexibility index (Phi) is 7.49. The highest BCUT2D eigenvalue weighted by Gasteiger charge is 2.33. The van der Waals surface area contributed by atoms with Crippen LogP contribution >= 0.6 is 46.6 Å². The minimum atomic E-state index is -0.122. The number of rotatable bonds is 7. The van der Waals surface area contributed by atoms with Gasteiger partial charge in [0.1, 0.15) is 6.61 Å². The molecule has 3 aromatic carbocycles. The second kappa shape index (κ2) is 10.5. The number of benzene rings is 3. The molecule has 0 atom stereocenters. The summed E-state index contributed by atoms with van der Waals surface area (Å²) in [6, 6.07) is 23.3. The molecule has 1 amide bonds. The Hall–Kier alpha value is -2.36. The predicted octanol–water partition coefficient (Wildman–Crippen LogP) is 6.67. The molecule has 4 nitrogen and oxygen atoms in total. The van der Waals surface area contributed by atoms with Crippen LogP contribution in [0.4, 0.5) is 5.69 Å². The van der Waals surface area contributed by atoms with Crippen molar-refractivity contribution < 1.29 is 14.3 Å². The summed E-state index contributed by atoms with van der Waals surface area (Å²) in [6.45, 7) is 2.89. The third-order valence-electron chi connectivity index (χ3n) is 4.68. The molecule has 32 heavy (non-hydrogen) atoms. The van der Waals surface area contributed by atoms with E-state index in [0.29, 0.717) is 33.9 Å². The minimum Gasteiger partial charge on any atom is -0.490 e. The highest BCUT2D eigenvalue weighted by molar-refractivity contribution is 14.1. The van der Waals surface area contributed by atoms with E-state index in [9.17, 15) is 4.79 Å². The number of hydrogen-bond acceptors (Lipinski definition) is 5. The van der Waals surface area contributed by atoms with Gasteiger partial charge in [-0.3, -0.25) is 9.69 Å². The maximum absolute atomic E-state index is 13.0. The van der Waals surface area contributed by atoms with Gasteiger partial charge in [-0.2, -0.15) is 0 Å². The molecule has 0 saturated carbocycles. The number of nitrogens with zero attached hydrogens (tertiary/aromatic N) is 1. The molecule has 0 spiro atoms. The smallest absolute Gasteiger partial charge is 0.270 e. The molecule has 1 aliphatic heterocycles. The Balaban J connectivity index is 1.54. The van der Waals surface area contributed by atoms with Crippen LogP contribution in [0.15, 0.2) is 77.7 Å². The first kappa shape index (κ1) is 22.8. The number of para-hydroxylation sites is 1. The summed E-state index contributed by atoms with van der Waals surface area (Å²) in [7, 11) is 0. The molecular formula is C25H20INO3S2. The summed E-state index contributed by atoms with van der Waals surface area (Å²) in [5, 5.41) is 0. The maximum Gasteiger partial charge on any atom is 0.270 e. The van der Waals surface area contributed by atoms with Crippen LogP contribution in [-0.4, -0.2) is 16.8 Å². The van der Waals surface area contributed by atoms with E-state index >= 15 is 0 Å². The van der Waals surface area contributed by atoms with E-state index in [1.54, 1.807) is 4.90 Å². The van der Waals surface area contributed by atoms with Crippen molar-refractivity contribution in [1.82, 2.24) is 0 Å². The number of ether oxygens (including phenoxy) is 2. The SMILES string of the molecule is CCOc1cc(/C=C2/SC(=S)N(c3ccccc3)C2=O)ccc1OCc1ccc(I)cc1. The van der Waals surface area contributed by atoms with Crippen molar-refractivity contribution in [2.24, 2.45) is 0 Å². The molecule has 0 aliphatic carbocycles. The molecule has 7 heteroatoms. The fraction of sp³-hybridized carbons (Fsp3) is 0.120. The molecule has 162 valence electrons. The Morgan fingerprint density at radius 2 is 1.75 bits per heavy atom. The highest BCUT2D eigenvalue weighted by Crippen LogP contribution is 2.37. The van der Waals surface area contributed by atoms with Crippen LogP contribution in [0.2, 0.25) is 0 Å². The Labute approximate surface area is 210 Å². The number of amides is 1. The Bertz CT molecular complexity index is 1160. The standard InChI is InChI=1S/C25H20INO3S2/c1-2-29-22-14-18(10-13-21(22)30-16-17-8-11-19(26)12-9-17)15-23-24(28)27(25(31)32-23)20-6-4-3-5-7-20/h3-15H,2,16H2,1H3/b23-15+. The van der Waals surface area contributed by atoms with Gasteiger partial charge in [0.2, 0.25) is 0 Å². The van der Waals surface area contributed by atoms with Crippen LogP contribution in [0.3, 0.4) is 0 Å². The van der Waals surface area contributed by atoms with E-state index in [4.69, 9.17) is 21.7 Å². The van der Waals surface area contributed by atoms with Crippen molar-refractivity contribution in [3.05, 3.63) is 92.4 Å². The largest absolute Gasteiger partial charge is 0.490 e. The van der Waals surface area contributed by atoms with Gasteiger partial charge in [-0.15, -0.1) is 0 Å². The first-order chi connectivity index (χ1) is 15.5. The first-order valence-electron chi connectivity index (χ1n) is 10.0. The van der Waals surface area contributed by atoms with Gasteiger partial charge in [-0.1, -0.05) is 60.4 Å². The van der Waals surface area contributed by atoms with Crippen molar-refractivity contribution in [3.63, 3.8) is 0 Å². The molecule has 1 saturated heterocycles. The number of thiocarbonyl (C=S) groups is 1. The summed E-state index contributed by atoms with van der Waals surface area (Å²) in [6.07, 6.45) is 1.84. The van der Waals surface area contributed by atoms with Crippen LogP contribution in [0.25, 0.3) is 6.08 Å². The van der Waals surface area contributed by atoms with Crippen molar-refractivity contribution in [3.8, 4) is 11.5 Å². The zero-order valence-corrected chi connectivity index (χ0v) is 21.1. The molecule has 0 N–H and O–H groups in total. The number of halogens is 1. The summed E-state index contributed by atoms with van der Waals surface area (Å²) >= 11 is 9.03. The van der Waals surface area contributed by atoms with Crippen LogP contribution < -0.4 is 14.4 Å². The Morgan fingerprint density at radius 3 is 2.47 bits per heavy atom. The maximum atomic E-state index is 13.0. The van der Waals surface area contributed by atoms with E-state index < -0.39 is 0 Å². The molecule has 0 radical (unpaired) electrons. The monoisotopic (exact) mass is 573 g/mol. The molecule has 0 bridgehead atoms. The van der Waals surface area contributed by atoms with Gasteiger partial charge in [-0.05, 0) is 83.1 Å². The van der Waals surface area contributed by atoms with Gasteiger partial charge in [0.25, 0.3) is 5.91 Å². The number of carbonyl (C=O) groups excluding carboxylic acids is 1. The highest BCUT2D eigenvalue weighted by atomic mass is 127. The fourth-order valence-corrected chi connectivity index (χ4v) is 4.82. The number of anilines is 1. The lowest BCUT2D eigenvalue weighted by Crippen LogP contribution is -2.27. The quantitative estimate of drug-likeness (QED) is 0.179. The molecule has 0 unspecified atom stereocenters. The lowest BCUT2D eigenvalue weighted by atomic mass is 10.1. The second-order valence-electron chi connectivity index (χ2n) is 6.91. The molecule has 1 aliphatic rings. The van der Waals surface area contributed by atoms with E-state index in [2.05, 4.69) is 34.7 Å². The van der Waals surface area contributed by atoms with Gasteiger partial charge in [0.15, 0.2) is 15.8 Å². The third-order valence-corrected chi connectivity index (χ3v) is 6.70. The average Bonchev–Trinajstić information content (AvgIpc) is 3.08. The molecule has 4 rings (SSSR count). The zero-order chi connectivity index (χ0) is 22.5. The van der Waals surface area contributed by atoms with Crippen LogP contribution in [-0.2, 0) is 11.4 Å².